The fourth-order valence-corrected chi connectivity index (χ4v) is 2.17. The normalized spacial score (nSPS) is 18.5. The summed E-state index contributed by atoms with van der Waals surface area (Å²) in [6.07, 6.45) is 3.12. The molecule has 6 nitrogen and oxygen atoms in total. The van der Waals surface area contributed by atoms with Gasteiger partial charge in [0.15, 0.2) is 5.82 Å². The summed E-state index contributed by atoms with van der Waals surface area (Å²) in [5.74, 6) is 2.11. The second-order valence-corrected chi connectivity index (χ2v) is 5.24. The van der Waals surface area contributed by atoms with Crippen molar-refractivity contribution in [2.45, 2.75) is 25.4 Å². The minimum Gasteiger partial charge on any atom is -0.481 e. The van der Waals surface area contributed by atoms with Crippen molar-refractivity contribution in [3.63, 3.8) is 0 Å². The second-order valence-electron chi connectivity index (χ2n) is 5.24. The van der Waals surface area contributed by atoms with E-state index in [1.54, 1.807) is 7.11 Å². The van der Waals surface area contributed by atoms with Gasteiger partial charge in [0, 0.05) is 19.2 Å². The highest BCUT2D eigenvalue weighted by molar-refractivity contribution is 5.38. The largest absolute Gasteiger partial charge is 0.481 e. The molecule has 2 rings (SSSR count). The molecule has 1 aromatic rings. The number of hydrogen-bond donors (Lipinski definition) is 1. The zero-order valence-electron chi connectivity index (χ0n) is 12.6. The third-order valence-electron chi connectivity index (χ3n) is 3.23. The van der Waals surface area contributed by atoms with Crippen LogP contribution in [0.25, 0.3) is 0 Å². The highest BCUT2D eigenvalue weighted by Gasteiger charge is 2.21. The Bertz CT molecular complexity index is 420. The summed E-state index contributed by atoms with van der Waals surface area (Å²) in [5.41, 5.74) is 0. The zero-order valence-corrected chi connectivity index (χ0v) is 12.6. The molecule has 1 fully saturated rings. The van der Waals surface area contributed by atoms with Crippen LogP contribution < -0.4 is 10.1 Å². The fourth-order valence-electron chi connectivity index (χ4n) is 2.17. The Labute approximate surface area is 120 Å². The first-order valence-corrected chi connectivity index (χ1v) is 7.12. The van der Waals surface area contributed by atoms with Gasteiger partial charge in [-0.1, -0.05) is 0 Å². The van der Waals surface area contributed by atoms with Gasteiger partial charge in [-0.3, -0.25) is 0 Å². The molecule has 0 radical (unpaired) electrons. The molecule has 0 aliphatic carbocycles. The van der Waals surface area contributed by atoms with Crippen LogP contribution in [-0.4, -0.2) is 55.8 Å². The van der Waals surface area contributed by atoms with Crippen LogP contribution in [0.3, 0.4) is 0 Å². The monoisotopic (exact) mass is 280 g/mol. The van der Waals surface area contributed by atoms with Crippen molar-refractivity contribution in [3.05, 3.63) is 11.9 Å². The summed E-state index contributed by atoms with van der Waals surface area (Å²) in [7, 11) is 5.77. The van der Waals surface area contributed by atoms with Crippen LogP contribution in [0.4, 0.5) is 5.82 Å². The number of aromatic nitrogens is 2. The molecule has 2 heterocycles. The van der Waals surface area contributed by atoms with Gasteiger partial charge in [-0.25, -0.2) is 4.98 Å². The van der Waals surface area contributed by atoms with E-state index in [0.29, 0.717) is 5.88 Å². The number of methoxy groups -OCH3 is 1. The topological polar surface area (TPSA) is 59.5 Å². The molecule has 1 aliphatic heterocycles. The quantitative estimate of drug-likeness (QED) is 0.767. The minimum absolute atomic E-state index is 0.00688. The molecule has 1 unspecified atom stereocenters. The van der Waals surface area contributed by atoms with E-state index in [-0.39, 0.29) is 6.10 Å². The average molecular weight is 280 g/mol. The lowest BCUT2D eigenvalue weighted by Crippen LogP contribution is -2.17. The molecule has 0 saturated carbocycles. The van der Waals surface area contributed by atoms with Crippen LogP contribution >= 0.6 is 0 Å². The first-order valence-electron chi connectivity index (χ1n) is 7.12. The smallest absolute Gasteiger partial charge is 0.218 e. The number of rotatable bonds is 7. The molecular weight excluding hydrogens is 256 g/mol. The van der Waals surface area contributed by atoms with E-state index in [2.05, 4.69) is 34.3 Å². The first kappa shape index (κ1) is 15.0. The Balaban J connectivity index is 1.98. The van der Waals surface area contributed by atoms with Gasteiger partial charge in [0.2, 0.25) is 5.88 Å². The molecule has 0 bridgehead atoms. The Kier molecular flexibility index (Phi) is 5.55. The molecule has 6 heteroatoms. The molecule has 1 atom stereocenters. The van der Waals surface area contributed by atoms with E-state index in [1.165, 1.54) is 0 Å². The van der Waals surface area contributed by atoms with Crippen LogP contribution in [0.15, 0.2) is 6.07 Å². The van der Waals surface area contributed by atoms with Gasteiger partial charge in [0.1, 0.15) is 11.9 Å². The van der Waals surface area contributed by atoms with E-state index in [1.807, 2.05) is 6.07 Å². The van der Waals surface area contributed by atoms with Crippen molar-refractivity contribution in [2.75, 3.05) is 46.2 Å². The Hall–Kier alpha value is -1.40. The van der Waals surface area contributed by atoms with Crippen molar-refractivity contribution < 1.29 is 9.47 Å². The number of anilines is 1. The summed E-state index contributed by atoms with van der Waals surface area (Å²) in [4.78, 5) is 11.1. The molecule has 0 amide bonds. The van der Waals surface area contributed by atoms with Crippen LogP contribution in [0.2, 0.25) is 0 Å². The maximum atomic E-state index is 5.64. The van der Waals surface area contributed by atoms with Gasteiger partial charge < -0.3 is 19.7 Å². The van der Waals surface area contributed by atoms with Crippen molar-refractivity contribution in [3.8, 4) is 5.88 Å². The van der Waals surface area contributed by atoms with Crippen LogP contribution in [0.5, 0.6) is 5.88 Å². The molecule has 1 aromatic heterocycles. The van der Waals surface area contributed by atoms with Crippen LogP contribution in [0.1, 0.15) is 31.2 Å². The van der Waals surface area contributed by atoms with Crippen LogP contribution in [-0.2, 0) is 4.74 Å². The van der Waals surface area contributed by atoms with E-state index in [0.717, 1.165) is 50.6 Å². The predicted octanol–water partition coefficient (Wildman–Crippen LogP) is 1.70. The van der Waals surface area contributed by atoms with Gasteiger partial charge in [-0.05, 0) is 39.9 Å². The lowest BCUT2D eigenvalue weighted by molar-refractivity contribution is 0.104. The Morgan fingerprint density at radius 3 is 2.95 bits per heavy atom. The van der Waals surface area contributed by atoms with E-state index in [9.17, 15) is 0 Å². The number of nitrogens with one attached hydrogen (secondary N) is 1. The van der Waals surface area contributed by atoms with Gasteiger partial charge in [0.25, 0.3) is 0 Å². The molecule has 0 spiro atoms. The van der Waals surface area contributed by atoms with Crippen molar-refractivity contribution in [1.82, 2.24) is 14.9 Å². The van der Waals surface area contributed by atoms with E-state index < -0.39 is 0 Å². The second kappa shape index (κ2) is 7.40. The van der Waals surface area contributed by atoms with Gasteiger partial charge in [-0.2, -0.15) is 4.98 Å². The van der Waals surface area contributed by atoms with Crippen molar-refractivity contribution in [2.24, 2.45) is 0 Å². The third-order valence-corrected chi connectivity index (χ3v) is 3.23. The molecule has 1 N–H and O–H groups in total. The number of nitrogens with zero attached hydrogens (tertiary/aromatic N) is 3. The molecule has 1 saturated heterocycles. The summed E-state index contributed by atoms with van der Waals surface area (Å²) in [6.45, 7) is 2.72. The van der Waals surface area contributed by atoms with Crippen molar-refractivity contribution in [1.29, 1.82) is 0 Å². The maximum absolute atomic E-state index is 5.64. The van der Waals surface area contributed by atoms with Crippen molar-refractivity contribution >= 4 is 5.82 Å². The summed E-state index contributed by atoms with van der Waals surface area (Å²) in [5, 5.41) is 3.33. The predicted molar refractivity (Wildman–Crippen MR) is 78.2 cm³/mol. The lowest BCUT2D eigenvalue weighted by atomic mass is 10.2. The molecule has 1 aliphatic rings. The van der Waals surface area contributed by atoms with Crippen LogP contribution in [0, 0.1) is 0 Å². The van der Waals surface area contributed by atoms with Gasteiger partial charge >= 0.3 is 0 Å². The summed E-state index contributed by atoms with van der Waals surface area (Å²) < 4.78 is 10.9. The highest BCUT2D eigenvalue weighted by Crippen LogP contribution is 2.28. The lowest BCUT2D eigenvalue weighted by Gasteiger charge is -2.13. The molecular formula is C14H24N4O2. The standard InChI is InChI=1S/C14H24N4O2/c1-18(2)8-5-7-15-12-10-13(19-3)17-14(16-12)11-6-4-9-20-11/h10-11H,4-9H2,1-3H3,(H,15,16,17). The summed E-state index contributed by atoms with van der Waals surface area (Å²) in [6, 6.07) is 1.83. The molecule has 112 valence electrons. The molecule has 0 aromatic carbocycles. The Morgan fingerprint density at radius 2 is 2.30 bits per heavy atom. The van der Waals surface area contributed by atoms with E-state index >= 15 is 0 Å². The molecule has 20 heavy (non-hydrogen) atoms. The third kappa shape index (κ3) is 4.31. The zero-order chi connectivity index (χ0) is 14.4. The van der Waals surface area contributed by atoms with Gasteiger partial charge in [0.05, 0.1) is 7.11 Å². The average Bonchev–Trinajstić information content (AvgIpc) is 2.97. The summed E-state index contributed by atoms with van der Waals surface area (Å²) >= 11 is 0. The number of hydrogen-bond acceptors (Lipinski definition) is 6. The van der Waals surface area contributed by atoms with E-state index in [4.69, 9.17) is 9.47 Å². The maximum Gasteiger partial charge on any atom is 0.218 e. The minimum atomic E-state index is 0.00688. The SMILES string of the molecule is COc1cc(NCCCN(C)C)nc(C2CCCO2)n1. The Morgan fingerprint density at radius 1 is 1.45 bits per heavy atom. The number of ether oxygens (including phenoxy) is 2. The highest BCUT2D eigenvalue weighted by atomic mass is 16.5. The fraction of sp³-hybridized carbons (Fsp3) is 0.714. The van der Waals surface area contributed by atoms with Gasteiger partial charge in [-0.15, -0.1) is 0 Å². The first-order chi connectivity index (χ1) is 9.69.